The average Bonchev–Trinajstić information content (AvgIpc) is 3.23. The molecule has 0 aliphatic heterocycles. The molecule has 0 aromatic carbocycles. The first-order valence-corrected chi connectivity index (χ1v) is 24.2. The fourth-order valence-electron chi connectivity index (χ4n) is 6.82. The van der Waals surface area contributed by atoms with Gasteiger partial charge < -0.3 is 25.6 Å². The van der Waals surface area contributed by atoms with Gasteiger partial charge in [0.2, 0.25) is 11.8 Å². The summed E-state index contributed by atoms with van der Waals surface area (Å²) in [6.07, 6.45) is 55.3. The van der Waals surface area contributed by atoms with Crippen LogP contribution in [0.4, 0.5) is 0 Å². The Balaban J connectivity index is 4.40. The molecule has 0 aromatic rings. The predicted octanol–water partition coefficient (Wildman–Crippen LogP) is 12.5. The first-order chi connectivity index (χ1) is 29.3. The molecule has 9 heteroatoms. The summed E-state index contributed by atoms with van der Waals surface area (Å²) in [5.41, 5.74) is 0. The number of hydrogen-bond donors (Lipinski definition) is 4. The number of aliphatic carboxylic acids is 1. The number of rotatable bonds is 43. The number of nitrogens with one attached hydrogen (secondary N) is 2. The number of carbonyl (C=O) groups excluding carboxylic acids is 3. The molecule has 0 heterocycles. The SMILES string of the molecule is CC/C=C\C/C=C\C/C=C\CCCCCCCCCC(=O)OC(CCCCC/C=C\C/C=C\CCCCCCC)CCCCCCCC(=O)NCC(=O)NC(CO)C(=O)O. The van der Waals surface area contributed by atoms with Gasteiger partial charge in [0.1, 0.15) is 12.1 Å². The molecule has 0 aliphatic rings. The fourth-order valence-corrected chi connectivity index (χ4v) is 6.82. The van der Waals surface area contributed by atoms with Gasteiger partial charge in [0, 0.05) is 12.8 Å². The zero-order chi connectivity index (χ0) is 44.0. The van der Waals surface area contributed by atoms with E-state index in [4.69, 9.17) is 14.9 Å². The lowest BCUT2D eigenvalue weighted by Crippen LogP contribution is -2.47. The third-order valence-electron chi connectivity index (χ3n) is 10.5. The summed E-state index contributed by atoms with van der Waals surface area (Å²) in [6.45, 7) is 3.36. The van der Waals surface area contributed by atoms with Crippen molar-refractivity contribution >= 4 is 23.8 Å². The molecule has 60 heavy (non-hydrogen) atoms. The lowest BCUT2D eigenvalue weighted by atomic mass is 10.0. The predicted molar refractivity (Wildman–Crippen MR) is 250 cm³/mol. The average molecular weight is 841 g/mol. The van der Waals surface area contributed by atoms with Crippen molar-refractivity contribution in [3.8, 4) is 0 Å². The molecular weight excluding hydrogens is 753 g/mol. The van der Waals surface area contributed by atoms with Crippen LogP contribution in [0.2, 0.25) is 0 Å². The number of amides is 2. The Bertz CT molecular complexity index is 1190. The molecule has 0 saturated heterocycles. The first-order valence-electron chi connectivity index (χ1n) is 24.2. The summed E-state index contributed by atoms with van der Waals surface area (Å²) in [5, 5.41) is 22.6. The van der Waals surface area contributed by atoms with Gasteiger partial charge in [0.05, 0.1) is 13.2 Å². The summed E-state index contributed by atoms with van der Waals surface area (Å²) in [4.78, 5) is 47.7. The molecule has 0 spiro atoms. The summed E-state index contributed by atoms with van der Waals surface area (Å²) < 4.78 is 6.04. The van der Waals surface area contributed by atoms with Crippen molar-refractivity contribution in [3.63, 3.8) is 0 Å². The lowest BCUT2D eigenvalue weighted by molar-refractivity contribution is -0.150. The minimum Gasteiger partial charge on any atom is -0.480 e. The maximum Gasteiger partial charge on any atom is 0.328 e. The van der Waals surface area contributed by atoms with E-state index in [0.717, 1.165) is 109 Å². The van der Waals surface area contributed by atoms with Crippen LogP contribution in [0.5, 0.6) is 0 Å². The molecule has 9 nitrogen and oxygen atoms in total. The van der Waals surface area contributed by atoms with E-state index in [1.165, 1.54) is 70.6 Å². The molecule has 0 rings (SSSR count). The van der Waals surface area contributed by atoms with E-state index in [2.05, 4.69) is 85.2 Å². The van der Waals surface area contributed by atoms with E-state index in [9.17, 15) is 19.2 Å². The number of aliphatic hydroxyl groups is 1. The normalized spacial score (nSPS) is 13.0. The highest BCUT2D eigenvalue weighted by Crippen LogP contribution is 2.18. The summed E-state index contributed by atoms with van der Waals surface area (Å²) in [7, 11) is 0. The van der Waals surface area contributed by atoms with E-state index in [0.29, 0.717) is 12.8 Å². The molecule has 4 N–H and O–H groups in total. The number of unbranched alkanes of at least 4 members (excludes halogenated alkanes) is 19. The standard InChI is InChI=1S/C51H88N2O7/c1-3-5-7-9-11-13-15-17-19-20-22-24-26-28-30-35-39-43-50(57)60-46(40-36-32-29-27-25-23-21-18-16-14-12-10-8-6-4-2)41-37-33-31-34-38-42-48(55)52-44-49(56)53-47(45-54)51(58)59/h5,7,11,13,16-19,23,25,46-47,54H,3-4,6,8-10,12,14-15,20-22,24,26-45H2,1-2H3,(H,52,55)(H,53,56)(H,58,59)/b7-5-,13-11-,18-16-,19-17-,25-23-. The number of carboxylic acid groups (broad SMARTS) is 1. The highest BCUT2D eigenvalue weighted by Gasteiger charge is 2.19. The number of esters is 1. The maximum absolute atomic E-state index is 12.9. The van der Waals surface area contributed by atoms with E-state index in [1.54, 1.807) is 0 Å². The number of aliphatic hydroxyl groups excluding tert-OH is 1. The Morgan fingerprint density at radius 1 is 0.517 bits per heavy atom. The van der Waals surface area contributed by atoms with Crippen LogP contribution in [0.3, 0.4) is 0 Å². The van der Waals surface area contributed by atoms with Crippen LogP contribution >= 0.6 is 0 Å². The molecule has 0 aromatic heterocycles. The summed E-state index contributed by atoms with van der Waals surface area (Å²) >= 11 is 0. The second-order valence-corrected chi connectivity index (χ2v) is 16.2. The van der Waals surface area contributed by atoms with Crippen molar-refractivity contribution in [3.05, 3.63) is 60.8 Å². The van der Waals surface area contributed by atoms with Crippen molar-refractivity contribution in [1.29, 1.82) is 0 Å². The Morgan fingerprint density at radius 3 is 1.45 bits per heavy atom. The molecule has 2 unspecified atom stereocenters. The molecule has 0 aliphatic carbocycles. The zero-order valence-electron chi connectivity index (χ0n) is 38.2. The van der Waals surface area contributed by atoms with Crippen LogP contribution in [0.1, 0.15) is 213 Å². The fraction of sp³-hybridized carbons (Fsp3) is 0.725. The van der Waals surface area contributed by atoms with Crippen molar-refractivity contribution in [1.82, 2.24) is 10.6 Å². The molecule has 0 radical (unpaired) electrons. The van der Waals surface area contributed by atoms with Crippen LogP contribution in [-0.2, 0) is 23.9 Å². The van der Waals surface area contributed by atoms with Gasteiger partial charge in [-0.25, -0.2) is 4.79 Å². The zero-order valence-corrected chi connectivity index (χ0v) is 38.2. The molecular formula is C51H88N2O7. The van der Waals surface area contributed by atoms with Crippen molar-refractivity contribution in [2.75, 3.05) is 13.2 Å². The van der Waals surface area contributed by atoms with Gasteiger partial charge in [-0.05, 0) is 103 Å². The van der Waals surface area contributed by atoms with Crippen molar-refractivity contribution in [2.45, 2.75) is 225 Å². The Hall–Kier alpha value is -3.46. The number of hydrogen-bond acceptors (Lipinski definition) is 6. The summed E-state index contributed by atoms with van der Waals surface area (Å²) in [6, 6.07) is -1.39. The minimum absolute atomic E-state index is 0.0448. The van der Waals surface area contributed by atoms with Crippen LogP contribution in [0.15, 0.2) is 60.8 Å². The van der Waals surface area contributed by atoms with Gasteiger partial charge >= 0.3 is 11.9 Å². The van der Waals surface area contributed by atoms with E-state index in [-0.39, 0.29) is 30.9 Å². The third kappa shape index (κ3) is 41.3. The topological polar surface area (TPSA) is 142 Å². The number of carboxylic acids is 1. The maximum atomic E-state index is 12.9. The Kier molecular flexibility index (Phi) is 42.5. The van der Waals surface area contributed by atoms with Crippen LogP contribution in [0.25, 0.3) is 0 Å². The van der Waals surface area contributed by atoms with E-state index < -0.39 is 24.5 Å². The summed E-state index contributed by atoms with van der Waals surface area (Å²) in [5.74, 6) is -2.32. The highest BCUT2D eigenvalue weighted by molar-refractivity contribution is 5.87. The molecule has 0 bridgehead atoms. The molecule has 0 saturated carbocycles. The van der Waals surface area contributed by atoms with E-state index in [1.807, 2.05) is 0 Å². The van der Waals surface area contributed by atoms with Crippen molar-refractivity contribution in [2.24, 2.45) is 0 Å². The van der Waals surface area contributed by atoms with Gasteiger partial charge in [0.25, 0.3) is 0 Å². The third-order valence-corrected chi connectivity index (χ3v) is 10.5. The molecule has 2 atom stereocenters. The van der Waals surface area contributed by atoms with Gasteiger partial charge in [-0.1, -0.05) is 158 Å². The number of ether oxygens (including phenoxy) is 1. The lowest BCUT2D eigenvalue weighted by Gasteiger charge is -2.18. The molecule has 2 amide bonds. The monoisotopic (exact) mass is 841 g/mol. The first kappa shape index (κ1) is 56.5. The van der Waals surface area contributed by atoms with Gasteiger partial charge in [-0.15, -0.1) is 0 Å². The van der Waals surface area contributed by atoms with Crippen LogP contribution in [-0.4, -0.2) is 59.3 Å². The van der Waals surface area contributed by atoms with Gasteiger partial charge in [-0.3, -0.25) is 14.4 Å². The van der Waals surface area contributed by atoms with Crippen molar-refractivity contribution < 1.29 is 34.1 Å². The number of allylic oxidation sites excluding steroid dienone is 10. The Labute approximate surface area is 366 Å². The highest BCUT2D eigenvalue weighted by atomic mass is 16.5. The molecule has 344 valence electrons. The second-order valence-electron chi connectivity index (χ2n) is 16.2. The second kappa shape index (κ2) is 45.1. The largest absolute Gasteiger partial charge is 0.480 e. The van der Waals surface area contributed by atoms with Crippen LogP contribution in [0, 0.1) is 0 Å². The smallest absolute Gasteiger partial charge is 0.328 e. The quantitative estimate of drug-likeness (QED) is 0.0272. The molecule has 0 fully saturated rings. The van der Waals surface area contributed by atoms with E-state index >= 15 is 0 Å². The van der Waals surface area contributed by atoms with Crippen LogP contribution < -0.4 is 10.6 Å². The van der Waals surface area contributed by atoms with Gasteiger partial charge in [-0.2, -0.15) is 0 Å². The number of carbonyl (C=O) groups is 4. The Morgan fingerprint density at radius 2 is 0.950 bits per heavy atom. The minimum atomic E-state index is -1.39. The van der Waals surface area contributed by atoms with Gasteiger partial charge in [0.15, 0.2) is 0 Å².